The van der Waals surface area contributed by atoms with E-state index in [0.29, 0.717) is 0 Å². The summed E-state index contributed by atoms with van der Waals surface area (Å²) >= 11 is 3.50. The number of hydrogen-bond donors (Lipinski definition) is 1. The van der Waals surface area contributed by atoms with Gasteiger partial charge in [0, 0.05) is 28.8 Å². The average Bonchev–Trinajstić information content (AvgIpc) is 2.64. The molecule has 1 saturated heterocycles. The lowest BCUT2D eigenvalue weighted by Gasteiger charge is -2.27. The fourth-order valence-electron chi connectivity index (χ4n) is 3.18. The van der Waals surface area contributed by atoms with Crippen LogP contribution in [0.2, 0.25) is 0 Å². The monoisotopic (exact) mass is 339 g/mol. The number of anilines is 1. The van der Waals surface area contributed by atoms with E-state index in [4.69, 9.17) is 0 Å². The minimum Gasteiger partial charge on any atom is -0.389 e. The highest BCUT2D eigenvalue weighted by Crippen LogP contribution is 2.33. The number of benzene rings is 1. The van der Waals surface area contributed by atoms with Crippen LogP contribution in [0.1, 0.15) is 51.7 Å². The van der Waals surface area contributed by atoms with E-state index in [0.717, 1.165) is 35.0 Å². The molecule has 1 aromatic rings. The van der Waals surface area contributed by atoms with Crippen molar-refractivity contribution in [2.24, 2.45) is 11.8 Å². The molecule has 0 aliphatic carbocycles. The molecular formula is C17H26BrNO. The smallest absolute Gasteiger partial charge is 0.0782 e. The predicted octanol–water partition coefficient (Wildman–Crippen LogP) is 4.76. The first kappa shape index (κ1) is 15.8. The minimum absolute atomic E-state index is 0.424. The van der Waals surface area contributed by atoms with E-state index in [9.17, 15) is 5.11 Å². The van der Waals surface area contributed by atoms with Gasteiger partial charge in [-0.1, -0.05) is 29.8 Å². The van der Waals surface area contributed by atoms with Gasteiger partial charge in [-0.25, -0.2) is 0 Å². The summed E-state index contributed by atoms with van der Waals surface area (Å²) in [4.78, 5) is 2.46. The van der Waals surface area contributed by atoms with E-state index in [1.54, 1.807) is 0 Å². The van der Waals surface area contributed by atoms with Gasteiger partial charge >= 0.3 is 0 Å². The molecule has 0 bridgehead atoms. The molecule has 2 rings (SSSR count). The third kappa shape index (κ3) is 3.76. The van der Waals surface area contributed by atoms with E-state index in [-0.39, 0.29) is 0 Å². The van der Waals surface area contributed by atoms with Gasteiger partial charge in [0.05, 0.1) is 6.10 Å². The summed E-state index contributed by atoms with van der Waals surface area (Å²) in [5.74, 6) is 1.61. The molecule has 20 heavy (non-hydrogen) atoms. The standard InChI is InChI=1S/C17H26BrNO/c1-12(2)14-5-4-9-19(10-8-14)17-7-6-15(18)11-16(17)13(3)20/h6-7,11-14,20H,4-5,8-10H2,1-3H3. The third-order valence-electron chi connectivity index (χ3n) is 4.50. The number of aliphatic hydroxyl groups excluding tert-OH is 1. The molecule has 0 aromatic heterocycles. The zero-order chi connectivity index (χ0) is 14.7. The summed E-state index contributed by atoms with van der Waals surface area (Å²) in [6.45, 7) is 8.72. The minimum atomic E-state index is -0.424. The summed E-state index contributed by atoms with van der Waals surface area (Å²) in [6, 6.07) is 6.26. The van der Waals surface area contributed by atoms with Crippen LogP contribution in [-0.2, 0) is 0 Å². The van der Waals surface area contributed by atoms with Crippen molar-refractivity contribution < 1.29 is 5.11 Å². The second kappa shape index (κ2) is 6.95. The maximum absolute atomic E-state index is 10.0. The Morgan fingerprint density at radius 1 is 1.20 bits per heavy atom. The first-order chi connectivity index (χ1) is 9.49. The molecule has 1 fully saturated rings. The average molecular weight is 340 g/mol. The van der Waals surface area contributed by atoms with Gasteiger partial charge < -0.3 is 10.0 Å². The van der Waals surface area contributed by atoms with Crippen molar-refractivity contribution in [3.05, 3.63) is 28.2 Å². The van der Waals surface area contributed by atoms with Crippen LogP contribution in [0.3, 0.4) is 0 Å². The maximum atomic E-state index is 10.0. The summed E-state index contributed by atoms with van der Waals surface area (Å²) in [5.41, 5.74) is 2.23. The molecule has 0 amide bonds. The van der Waals surface area contributed by atoms with Crippen molar-refractivity contribution >= 4 is 21.6 Å². The van der Waals surface area contributed by atoms with Crippen LogP contribution in [0.25, 0.3) is 0 Å². The molecule has 1 aliphatic rings. The highest BCUT2D eigenvalue weighted by molar-refractivity contribution is 9.10. The lowest BCUT2D eigenvalue weighted by Crippen LogP contribution is -2.26. The van der Waals surface area contributed by atoms with Gasteiger partial charge in [0.1, 0.15) is 0 Å². The highest BCUT2D eigenvalue weighted by atomic mass is 79.9. The molecule has 3 heteroatoms. The number of halogens is 1. The van der Waals surface area contributed by atoms with Crippen molar-refractivity contribution in [3.8, 4) is 0 Å². The Labute approximate surface area is 131 Å². The Bertz CT molecular complexity index is 445. The summed E-state index contributed by atoms with van der Waals surface area (Å²) in [6.07, 6.45) is 3.41. The van der Waals surface area contributed by atoms with Crippen LogP contribution in [0.5, 0.6) is 0 Å². The predicted molar refractivity (Wildman–Crippen MR) is 89.2 cm³/mol. The summed E-state index contributed by atoms with van der Waals surface area (Å²) in [5, 5.41) is 10.0. The third-order valence-corrected chi connectivity index (χ3v) is 4.99. The van der Waals surface area contributed by atoms with Gasteiger partial charge in [0.2, 0.25) is 0 Å². The molecule has 2 nitrogen and oxygen atoms in total. The van der Waals surface area contributed by atoms with Gasteiger partial charge in [-0.2, -0.15) is 0 Å². The van der Waals surface area contributed by atoms with E-state index < -0.39 is 6.10 Å². The van der Waals surface area contributed by atoms with Crippen LogP contribution in [-0.4, -0.2) is 18.2 Å². The molecule has 1 N–H and O–H groups in total. The second-order valence-corrected chi connectivity index (χ2v) is 7.22. The van der Waals surface area contributed by atoms with Gasteiger partial charge in [-0.15, -0.1) is 0 Å². The second-order valence-electron chi connectivity index (χ2n) is 6.30. The molecule has 0 radical (unpaired) electrons. The molecule has 0 saturated carbocycles. The SMILES string of the molecule is CC(O)c1cc(Br)ccc1N1CCCC(C(C)C)CC1. The number of rotatable bonds is 3. The molecule has 0 spiro atoms. The Morgan fingerprint density at radius 2 is 1.95 bits per heavy atom. The maximum Gasteiger partial charge on any atom is 0.0782 e. The van der Waals surface area contributed by atoms with Crippen molar-refractivity contribution in [3.63, 3.8) is 0 Å². The summed E-state index contributed by atoms with van der Waals surface area (Å²) in [7, 11) is 0. The van der Waals surface area contributed by atoms with Crippen LogP contribution < -0.4 is 4.90 Å². The molecule has 2 atom stereocenters. The van der Waals surface area contributed by atoms with Crippen LogP contribution in [0.15, 0.2) is 22.7 Å². The van der Waals surface area contributed by atoms with Crippen molar-refractivity contribution in [2.45, 2.75) is 46.1 Å². The Kier molecular flexibility index (Phi) is 5.50. The van der Waals surface area contributed by atoms with Crippen LogP contribution in [0.4, 0.5) is 5.69 Å². The largest absolute Gasteiger partial charge is 0.389 e. The molecule has 1 aliphatic heterocycles. The van der Waals surface area contributed by atoms with Crippen molar-refractivity contribution in [1.29, 1.82) is 0 Å². The molecule has 112 valence electrons. The quantitative estimate of drug-likeness (QED) is 0.857. The molecule has 1 heterocycles. The number of hydrogen-bond acceptors (Lipinski definition) is 2. The fourth-order valence-corrected chi connectivity index (χ4v) is 3.56. The van der Waals surface area contributed by atoms with Crippen molar-refractivity contribution in [1.82, 2.24) is 0 Å². The van der Waals surface area contributed by atoms with Gasteiger partial charge in [0.15, 0.2) is 0 Å². The van der Waals surface area contributed by atoms with Gasteiger partial charge in [-0.05, 0) is 56.2 Å². The van der Waals surface area contributed by atoms with E-state index >= 15 is 0 Å². The molecular weight excluding hydrogens is 314 g/mol. The van der Waals surface area contributed by atoms with Gasteiger partial charge in [-0.3, -0.25) is 0 Å². The van der Waals surface area contributed by atoms with Crippen LogP contribution >= 0.6 is 15.9 Å². The number of nitrogens with zero attached hydrogens (tertiary/aromatic N) is 1. The normalized spacial score (nSPS) is 21.9. The summed E-state index contributed by atoms with van der Waals surface area (Å²) < 4.78 is 1.03. The Hall–Kier alpha value is -0.540. The lowest BCUT2D eigenvalue weighted by molar-refractivity contribution is 0.199. The van der Waals surface area contributed by atoms with Crippen LogP contribution in [0, 0.1) is 11.8 Å². The first-order valence-electron chi connectivity index (χ1n) is 7.71. The molecule has 2 unspecified atom stereocenters. The lowest BCUT2D eigenvalue weighted by atomic mass is 9.89. The zero-order valence-electron chi connectivity index (χ0n) is 12.8. The van der Waals surface area contributed by atoms with E-state index in [2.05, 4.69) is 46.8 Å². The zero-order valence-corrected chi connectivity index (χ0v) is 14.4. The fraction of sp³-hybridized carbons (Fsp3) is 0.647. The molecule has 1 aromatic carbocycles. The van der Waals surface area contributed by atoms with Gasteiger partial charge in [0.25, 0.3) is 0 Å². The van der Waals surface area contributed by atoms with Crippen molar-refractivity contribution in [2.75, 3.05) is 18.0 Å². The topological polar surface area (TPSA) is 23.5 Å². The Balaban J connectivity index is 2.19. The Morgan fingerprint density at radius 3 is 2.60 bits per heavy atom. The van der Waals surface area contributed by atoms with E-state index in [1.165, 1.54) is 24.9 Å². The van der Waals surface area contributed by atoms with E-state index in [1.807, 2.05) is 13.0 Å². The first-order valence-corrected chi connectivity index (χ1v) is 8.50. The highest BCUT2D eigenvalue weighted by Gasteiger charge is 2.21. The number of aliphatic hydroxyl groups is 1.